The maximum absolute atomic E-state index is 13.3. The van der Waals surface area contributed by atoms with Crippen molar-refractivity contribution in [3.63, 3.8) is 0 Å². The van der Waals surface area contributed by atoms with Gasteiger partial charge in [-0.15, -0.1) is 6.58 Å². The lowest BCUT2D eigenvalue weighted by Gasteiger charge is -2.26. The van der Waals surface area contributed by atoms with Crippen LogP contribution in [0.4, 0.5) is 4.39 Å². The molecule has 1 aromatic rings. The van der Waals surface area contributed by atoms with Gasteiger partial charge in [0.25, 0.3) is 5.91 Å². The third kappa shape index (κ3) is 5.37. The zero-order chi connectivity index (χ0) is 16.6. The van der Waals surface area contributed by atoms with Crippen LogP contribution in [0.1, 0.15) is 24.2 Å². The summed E-state index contributed by atoms with van der Waals surface area (Å²) in [6.45, 7) is 7.52. The Morgan fingerprint density at radius 2 is 2.00 bits per heavy atom. The molecule has 122 valence electrons. The van der Waals surface area contributed by atoms with Crippen molar-refractivity contribution < 1.29 is 22.8 Å². The molecule has 0 N–H and O–H groups in total. The predicted molar refractivity (Wildman–Crippen MR) is 83.4 cm³/mol. The molecule has 0 bridgehead atoms. The smallest absolute Gasteiger partial charge is 0.323 e. The molecule has 0 fully saturated rings. The van der Waals surface area contributed by atoms with Crippen LogP contribution in [0.2, 0.25) is 0 Å². The number of hydrogen-bond acceptors (Lipinski definition) is 4. The molecule has 1 amide bonds. The summed E-state index contributed by atoms with van der Waals surface area (Å²) >= 11 is 0. The first-order chi connectivity index (χ1) is 10.5. The molecule has 0 aliphatic carbocycles. The zero-order valence-corrected chi connectivity index (χ0v) is 13.7. The standard InChI is InChI=1S/C15H21FNO4P/c1-4-10-17(12-22(19,20-5-2)21-6-3)15(18)13-8-7-9-14(16)11-13/h4,7-9,11H,1,5-6,10,12H2,2-3H3. The third-order valence-electron chi connectivity index (χ3n) is 2.70. The molecule has 0 aliphatic rings. The number of nitrogens with zero attached hydrogens (tertiary/aromatic N) is 1. The third-order valence-corrected chi connectivity index (χ3v) is 4.69. The van der Waals surface area contributed by atoms with Crippen molar-refractivity contribution in [2.75, 3.05) is 26.0 Å². The van der Waals surface area contributed by atoms with Crippen molar-refractivity contribution in [1.29, 1.82) is 0 Å². The van der Waals surface area contributed by atoms with E-state index in [4.69, 9.17) is 9.05 Å². The number of rotatable bonds is 9. The topological polar surface area (TPSA) is 55.8 Å². The van der Waals surface area contributed by atoms with Crippen molar-refractivity contribution in [1.82, 2.24) is 4.90 Å². The van der Waals surface area contributed by atoms with Gasteiger partial charge >= 0.3 is 7.60 Å². The van der Waals surface area contributed by atoms with Crippen LogP contribution >= 0.6 is 7.60 Å². The second kappa shape index (κ2) is 8.83. The lowest BCUT2D eigenvalue weighted by atomic mass is 10.2. The zero-order valence-electron chi connectivity index (χ0n) is 12.8. The van der Waals surface area contributed by atoms with Gasteiger partial charge in [0.05, 0.1) is 13.2 Å². The van der Waals surface area contributed by atoms with Crippen molar-refractivity contribution >= 4 is 13.5 Å². The lowest BCUT2D eigenvalue weighted by molar-refractivity contribution is 0.0780. The van der Waals surface area contributed by atoms with E-state index < -0.39 is 19.3 Å². The van der Waals surface area contributed by atoms with Gasteiger partial charge in [-0.2, -0.15) is 0 Å². The minimum absolute atomic E-state index is 0.152. The van der Waals surface area contributed by atoms with Crippen molar-refractivity contribution in [3.8, 4) is 0 Å². The van der Waals surface area contributed by atoms with E-state index in [-0.39, 0.29) is 31.6 Å². The van der Waals surface area contributed by atoms with Gasteiger partial charge in [-0.3, -0.25) is 9.36 Å². The highest BCUT2D eigenvalue weighted by molar-refractivity contribution is 7.53. The van der Waals surface area contributed by atoms with Gasteiger partial charge < -0.3 is 13.9 Å². The Labute approximate surface area is 130 Å². The molecule has 0 aromatic heterocycles. The molecule has 1 aromatic carbocycles. The minimum atomic E-state index is -3.43. The van der Waals surface area contributed by atoms with E-state index >= 15 is 0 Å². The number of hydrogen-bond donors (Lipinski definition) is 0. The molecule has 1 rings (SSSR count). The molecule has 0 aliphatic heterocycles. The molecule has 0 atom stereocenters. The molecular formula is C15H21FNO4P. The molecule has 7 heteroatoms. The van der Waals surface area contributed by atoms with Crippen LogP contribution in [0.15, 0.2) is 36.9 Å². The van der Waals surface area contributed by atoms with Crippen LogP contribution in [-0.2, 0) is 13.6 Å². The van der Waals surface area contributed by atoms with Gasteiger partial charge in [-0.05, 0) is 32.0 Å². The summed E-state index contributed by atoms with van der Waals surface area (Å²) in [4.78, 5) is 13.7. The quantitative estimate of drug-likeness (QED) is 0.512. The summed E-state index contributed by atoms with van der Waals surface area (Å²) < 4.78 is 36.2. The predicted octanol–water partition coefficient (Wildman–Crippen LogP) is 3.68. The van der Waals surface area contributed by atoms with E-state index in [9.17, 15) is 13.8 Å². The van der Waals surface area contributed by atoms with Gasteiger partial charge in [0.15, 0.2) is 0 Å². The first-order valence-electron chi connectivity index (χ1n) is 6.99. The fourth-order valence-corrected chi connectivity index (χ4v) is 3.57. The summed E-state index contributed by atoms with van der Waals surface area (Å²) in [5.74, 6) is -0.971. The highest BCUT2D eigenvalue weighted by atomic mass is 31.2. The molecule has 0 heterocycles. The molecule has 0 saturated heterocycles. The largest absolute Gasteiger partial charge is 0.349 e. The normalized spacial score (nSPS) is 11.2. The van der Waals surface area contributed by atoms with Gasteiger partial charge in [0, 0.05) is 12.1 Å². The van der Waals surface area contributed by atoms with Gasteiger partial charge in [-0.25, -0.2) is 4.39 Å². The van der Waals surface area contributed by atoms with Gasteiger partial charge in [-0.1, -0.05) is 12.1 Å². The average Bonchev–Trinajstić information content (AvgIpc) is 2.46. The molecular weight excluding hydrogens is 308 g/mol. The fraction of sp³-hybridized carbons (Fsp3) is 0.400. The van der Waals surface area contributed by atoms with Crippen LogP contribution in [0.25, 0.3) is 0 Å². The monoisotopic (exact) mass is 329 g/mol. The van der Waals surface area contributed by atoms with Crippen LogP contribution in [-0.4, -0.2) is 36.9 Å². The van der Waals surface area contributed by atoms with Gasteiger partial charge in [0.2, 0.25) is 0 Å². The fourth-order valence-electron chi connectivity index (χ4n) is 1.89. The summed E-state index contributed by atoms with van der Waals surface area (Å²) in [5, 5.41) is 0. The molecule has 0 unspecified atom stereocenters. The SMILES string of the molecule is C=CCN(CP(=O)(OCC)OCC)C(=O)c1cccc(F)c1. The Hall–Kier alpha value is -1.49. The summed E-state index contributed by atoms with van der Waals surface area (Å²) in [6.07, 6.45) is 1.29. The Bertz CT molecular complexity index is 554. The summed E-state index contributed by atoms with van der Waals surface area (Å²) in [6, 6.07) is 5.32. The summed E-state index contributed by atoms with van der Waals surface area (Å²) in [7, 11) is -3.43. The van der Waals surface area contributed by atoms with Crippen LogP contribution in [0.3, 0.4) is 0 Å². The number of amides is 1. The minimum Gasteiger partial charge on any atom is -0.323 e. The molecule has 5 nitrogen and oxygen atoms in total. The number of carbonyl (C=O) groups is 1. The lowest BCUT2D eigenvalue weighted by Crippen LogP contribution is -2.33. The van der Waals surface area contributed by atoms with E-state index in [1.165, 1.54) is 29.2 Å². The van der Waals surface area contributed by atoms with Crippen molar-refractivity contribution in [2.45, 2.75) is 13.8 Å². The maximum Gasteiger partial charge on any atom is 0.349 e. The van der Waals surface area contributed by atoms with E-state index in [0.717, 1.165) is 6.07 Å². The first kappa shape index (κ1) is 18.6. The molecule has 0 spiro atoms. The second-order valence-corrected chi connectivity index (χ2v) is 6.44. The summed E-state index contributed by atoms with van der Waals surface area (Å²) in [5.41, 5.74) is 0.168. The first-order valence-corrected chi connectivity index (χ1v) is 8.72. The molecule has 22 heavy (non-hydrogen) atoms. The van der Waals surface area contributed by atoms with Crippen LogP contribution < -0.4 is 0 Å². The molecule has 0 radical (unpaired) electrons. The highest BCUT2D eigenvalue weighted by Gasteiger charge is 2.29. The Morgan fingerprint density at radius 3 is 2.50 bits per heavy atom. The Balaban J connectivity index is 2.99. The van der Waals surface area contributed by atoms with Crippen molar-refractivity contribution in [2.24, 2.45) is 0 Å². The Kier molecular flexibility index (Phi) is 7.45. The molecule has 0 saturated carbocycles. The van der Waals surface area contributed by atoms with Crippen LogP contribution in [0, 0.1) is 5.82 Å². The van der Waals surface area contributed by atoms with E-state index in [0.29, 0.717) is 0 Å². The average molecular weight is 329 g/mol. The number of halogens is 1. The second-order valence-electron chi connectivity index (χ2n) is 4.41. The maximum atomic E-state index is 13.3. The van der Waals surface area contributed by atoms with Crippen LogP contribution in [0.5, 0.6) is 0 Å². The van der Waals surface area contributed by atoms with E-state index in [1.54, 1.807) is 13.8 Å². The highest BCUT2D eigenvalue weighted by Crippen LogP contribution is 2.48. The number of benzene rings is 1. The van der Waals surface area contributed by atoms with Crippen molar-refractivity contribution in [3.05, 3.63) is 48.3 Å². The van der Waals surface area contributed by atoms with Gasteiger partial charge in [0.1, 0.15) is 12.1 Å². The van der Waals surface area contributed by atoms with E-state index in [1.807, 2.05) is 0 Å². The Morgan fingerprint density at radius 1 is 1.36 bits per heavy atom. The van der Waals surface area contributed by atoms with E-state index in [2.05, 4.69) is 6.58 Å². The number of carbonyl (C=O) groups excluding carboxylic acids is 1.